The number of nitrogens with two attached hydrogens (primary N) is 2. The summed E-state index contributed by atoms with van der Waals surface area (Å²) >= 11 is 9.65. The van der Waals surface area contributed by atoms with Gasteiger partial charge in [-0.25, -0.2) is 25.1 Å². The number of amides is 1. The number of aromatic nitrogens is 3. The van der Waals surface area contributed by atoms with E-state index in [2.05, 4.69) is 76.9 Å². The fraction of sp³-hybridized carbons (Fsp3) is 0.377. The number of halogens is 1. The van der Waals surface area contributed by atoms with Gasteiger partial charge in [0.05, 0.1) is 59.2 Å². The summed E-state index contributed by atoms with van der Waals surface area (Å²) in [5, 5.41) is 19.2. The number of aliphatic carboxylic acids is 1. The van der Waals surface area contributed by atoms with E-state index < -0.39 is 11.9 Å². The fourth-order valence-corrected chi connectivity index (χ4v) is 10.7. The molecule has 0 saturated carbocycles. The van der Waals surface area contributed by atoms with Crippen LogP contribution in [-0.2, 0) is 16.1 Å². The van der Waals surface area contributed by atoms with Gasteiger partial charge in [0, 0.05) is 68.5 Å². The third-order valence-electron chi connectivity index (χ3n) is 12.5. The number of nitrogen functional groups attached to an aromatic ring is 1. The molecule has 0 bridgehead atoms. The summed E-state index contributed by atoms with van der Waals surface area (Å²) in [6.07, 6.45) is 5.41. The van der Waals surface area contributed by atoms with Gasteiger partial charge in [0.1, 0.15) is 22.9 Å². The first-order chi connectivity index (χ1) is 34.6. The van der Waals surface area contributed by atoms with Crippen molar-refractivity contribution in [2.45, 2.75) is 70.2 Å². The summed E-state index contributed by atoms with van der Waals surface area (Å²) in [5.74, 6) is 6.50. The number of carbonyl (C=O) groups is 2. The number of hydrazine groups is 1. The average molecular weight is 1040 g/mol. The molecular formula is C53H66ClN11O5S2. The van der Waals surface area contributed by atoms with Gasteiger partial charge in [0.15, 0.2) is 0 Å². The molecule has 1 atom stereocenters. The van der Waals surface area contributed by atoms with Crippen molar-refractivity contribution in [3.8, 4) is 22.1 Å². The smallest absolute Gasteiger partial charge is 0.304 e. The Hall–Kier alpha value is -6.15. The van der Waals surface area contributed by atoms with Gasteiger partial charge in [-0.2, -0.15) is 0 Å². The number of hydrogen-bond acceptors (Lipinski definition) is 16. The first-order valence-electron chi connectivity index (χ1n) is 24.1. The molecular weight excluding hydrogens is 970 g/mol. The minimum atomic E-state index is -0.911. The lowest BCUT2D eigenvalue weighted by Gasteiger charge is -2.35. The van der Waals surface area contributed by atoms with Crippen LogP contribution in [0.2, 0.25) is 5.02 Å². The van der Waals surface area contributed by atoms with Gasteiger partial charge in [-0.1, -0.05) is 42.6 Å². The maximum absolute atomic E-state index is 12.8. The van der Waals surface area contributed by atoms with Gasteiger partial charge in [0.25, 0.3) is 0 Å². The lowest BCUT2D eigenvalue weighted by Crippen LogP contribution is -2.49. The lowest BCUT2D eigenvalue weighted by molar-refractivity contribution is -0.137. The van der Waals surface area contributed by atoms with E-state index in [0.29, 0.717) is 60.0 Å². The van der Waals surface area contributed by atoms with Crippen molar-refractivity contribution in [3.05, 3.63) is 123 Å². The molecule has 2 aromatic heterocycles. The van der Waals surface area contributed by atoms with E-state index in [9.17, 15) is 14.7 Å². The van der Waals surface area contributed by atoms with Crippen molar-refractivity contribution in [2.24, 2.45) is 5.84 Å². The second-order valence-corrected chi connectivity index (χ2v) is 20.9. The van der Waals surface area contributed by atoms with Crippen molar-refractivity contribution in [1.82, 2.24) is 29.5 Å². The monoisotopic (exact) mass is 1040 g/mol. The molecule has 72 heavy (non-hydrogen) atoms. The number of aryl methyl sites for hydroxylation is 3. The van der Waals surface area contributed by atoms with Crippen LogP contribution >= 0.6 is 34.9 Å². The maximum Gasteiger partial charge on any atom is 0.304 e. The Kier molecular flexibility index (Phi) is 19.0. The molecule has 1 amide bonds. The van der Waals surface area contributed by atoms with E-state index in [1.54, 1.807) is 49.7 Å². The lowest BCUT2D eigenvalue weighted by atomic mass is 9.86. The van der Waals surface area contributed by atoms with Crippen LogP contribution in [0.4, 0.5) is 28.7 Å². The fourth-order valence-electron chi connectivity index (χ4n) is 8.76. The molecule has 7 N–H and O–H groups in total. The van der Waals surface area contributed by atoms with Crippen LogP contribution < -0.4 is 41.6 Å². The molecule has 7 rings (SSSR count). The highest BCUT2D eigenvalue weighted by Crippen LogP contribution is 2.40. The Morgan fingerprint density at radius 3 is 2.35 bits per heavy atom. The van der Waals surface area contributed by atoms with Crippen LogP contribution in [0.5, 0.6) is 11.5 Å². The van der Waals surface area contributed by atoms with Crippen LogP contribution in [0.15, 0.2) is 90.0 Å². The van der Waals surface area contributed by atoms with Gasteiger partial charge in [-0.15, -0.1) is 11.3 Å². The minimum Gasteiger partial charge on any atom is -0.494 e. The van der Waals surface area contributed by atoms with Gasteiger partial charge < -0.3 is 40.9 Å². The van der Waals surface area contributed by atoms with Crippen molar-refractivity contribution in [2.75, 3.05) is 88.0 Å². The summed E-state index contributed by atoms with van der Waals surface area (Å²) in [6, 6.07) is 26.1. The van der Waals surface area contributed by atoms with E-state index in [1.807, 2.05) is 63.4 Å². The van der Waals surface area contributed by atoms with Gasteiger partial charge >= 0.3 is 5.97 Å². The highest BCUT2D eigenvalue weighted by molar-refractivity contribution is 7.97. The van der Waals surface area contributed by atoms with Gasteiger partial charge in [-0.05, 0) is 136 Å². The van der Waals surface area contributed by atoms with Crippen LogP contribution in [0.1, 0.15) is 71.0 Å². The highest BCUT2D eigenvalue weighted by atomic mass is 35.5. The van der Waals surface area contributed by atoms with Crippen LogP contribution in [0, 0.1) is 20.8 Å². The molecule has 3 heterocycles. The second kappa shape index (κ2) is 25.5. The van der Waals surface area contributed by atoms with E-state index in [1.165, 1.54) is 5.01 Å². The van der Waals surface area contributed by atoms with Crippen LogP contribution in [0.3, 0.4) is 0 Å². The number of nitrogens with zero attached hydrogens (tertiary/aromatic N) is 7. The van der Waals surface area contributed by atoms with Crippen LogP contribution in [-0.4, -0.2) is 108 Å². The number of hydrogen-bond donors (Lipinski definition) is 5. The maximum atomic E-state index is 12.8. The topological polar surface area (TPSA) is 201 Å². The van der Waals surface area contributed by atoms with Gasteiger partial charge in [-0.3, -0.25) is 14.5 Å². The molecule has 16 nitrogen and oxygen atoms in total. The molecule has 0 spiro atoms. The minimum absolute atomic E-state index is 0.0706. The number of piperazine rings is 1. The quantitative estimate of drug-likeness (QED) is 0.0126. The summed E-state index contributed by atoms with van der Waals surface area (Å²) < 4.78 is 13.8. The van der Waals surface area contributed by atoms with E-state index in [4.69, 9.17) is 32.7 Å². The summed E-state index contributed by atoms with van der Waals surface area (Å²) in [6.45, 7) is 11.7. The molecule has 1 aliphatic heterocycles. The summed E-state index contributed by atoms with van der Waals surface area (Å²) in [4.78, 5) is 45.0. The first kappa shape index (κ1) is 53.6. The number of unbranched alkanes of at least 4 members (excludes halogenated alkanes) is 3. The van der Waals surface area contributed by atoms with Crippen molar-refractivity contribution < 1.29 is 24.2 Å². The van der Waals surface area contributed by atoms with Crippen molar-refractivity contribution in [3.63, 3.8) is 0 Å². The molecule has 6 aromatic rings. The molecule has 1 unspecified atom stereocenters. The number of nitrogens with one attached hydrogen (secondary N) is 2. The molecule has 1 fully saturated rings. The zero-order valence-corrected chi connectivity index (χ0v) is 44.3. The molecule has 1 aliphatic rings. The third kappa shape index (κ3) is 14.7. The number of carboxylic acids is 1. The predicted octanol–water partition coefficient (Wildman–Crippen LogP) is 9.45. The van der Waals surface area contributed by atoms with E-state index in [-0.39, 0.29) is 12.3 Å². The number of carboxylic acid groups (broad SMARTS) is 1. The van der Waals surface area contributed by atoms with Crippen LogP contribution in [0.25, 0.3) is 10.6 Å². The number of methoxy groups -OCH3 is 1. The van der Waals surface area contributed by atoms with Crippen molar-refractivity contribution >= 4 is 75.5 Å². The van der Waals surface area contributed by atoms with Crippen molar-refractivity contribution in [1.29, 1.82) is 0 Å². The van der Waals surface area contributed by atoms with E-state index >= 15 is 0 Å². The standard InChI is InChI=1S/C53H66ClN11O5S2/c1-34-11-12-37(44(30-49(67)68)38-28-46(55)51(63(5)56)47(29-38)69-6)27-39(34)32-62(4)72-43-19-17-42(18-20-43)70-26-10-8-7-9-21-57-48(66)33-64-22-24-65(25-23-64)41-15-13-40(14-16-41)60-53-58-31-45(54)50(61-53)52-35(2)59-36(3)71-52/h11-20,27-29,31,44H,7-10,21-26,30,32-33,55-56H2,1-6H3,(H,57,66)(H,67,68)(H,58,60,61). The summed E-state index contributed by atoms with van der Waals surface area (Å²) in [7, 11) is 5.26. The predicted molar refractivity (Wildman–Crippen MR) is 292 cm³/mol. The molecule has 19 heteroatoms. The number of anilines is 5. The number of thiazole rings is 1. The van der Waals surface area contributed by atoms with E-state index in [0.717, 1.165) is 112 Å². The third-order valence-corrected chi connectivity index (χ3v) is 14.8. The van der Waals surface area contributed by atoms with Gasteiger partial charge in [0.2, 0.25) is 11.9 Å². The number of benzene rings is 4. The Morgan fingerprint density at radius 1 is 0.931 bits per heavy atom. The normalized spacial score (nSPS) is 13.3. The molecule has 382 valence electrons. The Morgan fingerprint density at radius 2 is 1.67 bits per heavy atom. The largest absolute Gasteiger partial charge is 0.494 e. The molecule has 4 aromatic carbocycles. The molecule has 0 radical (unpaired) electrons. The number of carbonyl (C=O) groups excluding carboxylic acids is 1. The zero-order valence-electron chi connectivity index (χ0n) is 41.9. The Labute approximate surface area is 436 Å². The Bertz CT molecular complexity index is 2770. The summed E-state index contributed by atoms with van der Waals surface area (Å²) in [5.41, 5.74) is 14.7. The highest BCUT2D eigenvalue weighted by Gasteiger charge is 2.24. The average Bonchev–Trinajstić information content (AvgIpc) is 3.69. The molecule has 0 aliphatic carbocycles. The second-order valence-electron chi connectivity index (χ2n) is 18.0. The number of rotatable bonds is 24. The Balaban J connectivity index is 0.761. The zero-order chi connectivity index (χ0) is 51.3. The number of ether oxygens (including phenoxy) is 2. The SMILES string of the molecule is COc1cc(C(CC(=O)O)c2ccc(C)c(CN(C)Sc3ccc(OCCCCCCNC(=O)CN4CCN(c5ccc(Nc6ncc(Cl)c(-c7sc(C)nc7C)n6)cc5)CC4)cc3)c2)cc(N)c1N(C)N. The first-order valence-corrected chi connectivity index (χ1v) is 26.1. The molecule has 1 saturated heterocycles.